The molecule has 0 aliphatic rings. The van der Waals surface area contributed by atoms with E-state index in [2.05, 4.69) is 5.32 Å². The quantitative estimate of drug-likeness (QED) is 0.626. The molecule has 1 aromatic rings. The number of phenolic OH excluding ortho intramolecular Hbond substituents is 1. The minimum Gasteiger partial charge on any atom is -0.506 e. The zero-order chi connectivity index (χ0) is 13.9. The van der Waals surface area contributed by atoms with Crippen LogP contribution in [-0.4, -0.2) is 22.6 Å². The number of hydrogen-bond donors (Lipinski definition) is 2. The first-order valence-electron chi connectivity index (χ1n) is 5.53. The summed E-state index contributed by atoms with van der Waals surface area (Å²) < 4.78 is 5.06. The van der Waals surface area contributed by atoms with Crippen LogP contribution in [0.1, 0.15) is 38.1 Å². The summed E-state index contributed by atoms with van der Waals surface area (Å²) in [6.07, 6.45) is -0.716. The largest absolute Gasteiger partial charge is 0.506 e. The van der Waals surface area contributed by atoms with Crippen LogP contribution in [0.15, 0.2) is 18.2 Å². The number of Topliss-reactive ketones (excluding diaryl/α,β-unsaturated/α-hetero) is 1. The van der Waals surface area contributed by atoms with Crippen molar-refractivity contribution in [2.24, 2.45) is 0 Å². The number of benzene rings is 1. The Hall–Kier alpha value is -2.04. The number of aromatic hydroxyl groups is 1. The molecule has 0 saturated carbocycles. The van der Waals surface area contributed by atoms with Crippen LogP contribution in [0, 0.1) is 0 Å². The average molecular weight is 251 g/mol. The van der Waals surface area contributed by atoms with Crippen molar-refractivity contribution in [2.45, 2.75) is 33.3 Å². The maximum Gasteiger partial charge on any atom is 0.412 e. The van der Waals surface area contributed by atoms with Gasteiger partial charge in [-0.2, -0.15) is 0 Å². The SMILES string of the molecule is CC(=O)c1cccc(O)c1NC(=O)OC(C)(C)C. The first kappa shape index (κ1) is 14.0. The highest BCUT2D eigenvalue weighted by molar-refractivity contribution is 6.04. The summed E-state index contributed by atoms with van der Waals surface area (Å²) in [5.74, 6) is -0.425. The summed E-state index contributed by atoms with van der Waals surface area (Å²) in [5, 5.41) is 12.0. The van der Waals surface area contributed by atoms with Gasteiger partial charge in [-0.25, -0.2) is 4.79 Å². The zero-order valence-corrected chi connectivity index (χ0v) is 10.9. The van der Waals surface area contributed by atoms with Gasteiger partial charge in [0.1, 0.15) is 11.4 Å². The molecule has 2 N–H and O–H groups in total. The van der Waals surface area contributed by atoms with Gasteiger partial charge in [0.25, 0.3) is 0 Å². The molecular formula is C13H17NO4. The Labute approximate surface area is 106 Å². The Morgan fingerprint density at radius 1 is 1.28 bits per heavy atom. The van der Waals surface area contributed by atoms with Crippen molar-refractivity contribution in [2.75, 3.05) is 5.32 Å². The van der Waals surface area contributed by atoms with E-state index in [-0.39, 0.29) is 22.8 Å². The number of anilines is 1. The van der Waals surface area contributed by atoms with Crippen LogP contribution in [0.4, 0.5) is 10.5 Å². The van der Waals surface area contributed by atoms with Gasteiger partial charge in [-0.05, 0) is 39.8 Å². The molecule has 0 heterocycles. The maximum atomic E-state index is 11.6. The Morgan fingerprint density at radius 2 is 1.89 bits per heavy atom. The lowest BCUT2D eigenvalue weighted by atomic mass is 10.1. The van der Waals surface area contributed by atoms with E-state index in [0.29, 0.717) is 0 Å². The van der Waals surface area contributed by atoms with E-state index >= 15 is 0 Å². The number of rotatable bonds is 2. The van der Waals surface area contributed by atoms with Crippen LogP contribution in [0.3, 0.4) is 0 Å². The number of amides is 1. The van der Waals surface area contributed by atoms with Crippen LogP contribution in [0.2, 0.25) is 0 Å². The van der Waals surface area contributed by atoms with Crippen LogP contribution in [0.25, 0.3) is 0 Å². The lowest BCUT2D eigenvalue weighted by Crippen LogP contribution is -2.27. The number of carbonyl (C=O) groups excluding carboxylic acids is 2. The van der Waals surface area contributed by atoms with Crippen LogP contribution < -0.4 is 5.32 Å². The molecule has 0 spiro atoms. The smallest absolute Gasteiger partial charge is 0.412 e. The second-order valence-corrected chi connectivity index (χ2v) is 4.88. The molecule has 0 atom stereocenters. The standard InChI is InChI=1S/C13H17NO4/c1-8(15)9-6-5-7-10(16)11(9)14-12(17)18-13(2,3)4/h5-7,16H,1-4H3,(H,14,17). The fourth-order valence-corrected chi connectivity index (χ4v) is 1.37. The molecule has 1 rings (SSSR count). The number of ether oxygens (including phenoxy) is 1. The Bertz CT molecular complexity index is 474. The van der Waals surface area contributed by atoms with E-state index in [4.69, 9.17) is 4.74 Å². The summed E-state index contributed by atoms with van der Waals surface area (Å²) in [4.78, 5) is 23.0. The molecule has 98 valence electrons. The molecule has 0 aliphatic carbocycles. The highest BCUT2D eigenvalue weighted by Crippen LogP contribution is 2.28. The summed E-state index contributed by atoms with van der Waals surface area (Å²) >= 11 is 0. The molecule has 0 saturated heterocycles. The third-order valence-corrected chi connectivity index (χ3v) is 2.05. The number of nitrogens with one attached hydrogen (secondary N) is 1. The minimum atomic E-state index is -0.716. The predicted octanol–water partition coefficient (Wildman–Crippen LogP) is 2.94. The molecule has 1 amide bonds. The summed E-state index contributed by atoms with van der Waals surface area (Å²) in [6, 6.07) is 4.44. The van der Waals surface area contributed by atoms with Crippen molar-refractivity contribution in [3.63, 3.8) is 0 Å². The topological polar surface area (TPSA) is 75.6 Å². The van der Waals surface area contributed by atoms with Gasteiger partial charge in [0.15, 0.2) is 5.78 Å². The molecule has 5 heteroatoms. The summed E-state index contributed by atoms with van der Waals surface area (Å²) in [6.45, 7) is 6.53. The molecule has 0 fully saturated rings. The number of hydrogen-bond acceptors (Lipinski definition) is 4. The van der Waals surface area contributed by atoms with Gasteiger partial charge in [0.05, 0.1) is 5.69 Å². The zero-order valence-electron chi connectivity index (χ0n) is 10.9. The van der Waals surface area contributed by atoms with Crippen LogP contribution in [-0.2, 0) is 4.74 Å². The summed E-state index contributed by atoms with van der Waals surface area (Å²) in [7, 11) is 0. The molecule has 0 unspecified atom stereocenters. The number of phenols is 1. The van der Waals surface area contributed by atoms with Gasteiger partial charge < -0.3 is 9.84 Å². The summed E-state index contributed by atoms with van der Waals surface area (Å²) in [5.41, 5.74) is -0.342. The van der Waals surface area contributed by atoms with E-state index in [1.54, 1.807) is 20.8 Å². The first-order chi connectivity index (χ1) is 8.20. The van der Waals surface area contributed by atoms with E-state index in [1.165, 1.54) is 25.1 Å². The fourth-order valence-electron chi connectivity index (χ4n) is 1.37. The molecule has 0 aliphatic heterocycles. The van der Waals surface area contributed by atoms with Crippen molar-refractivity contribution in [3.05, 3.63) is 23.8 Å². The van der Waals surface area contributed by atoms with E-state index in [9.17, 15) is 14.7 Å². The predicted molar refractivity (Wildman–Crippen MR) is 68.0 cm³/mol. The van der Waals surface area contributed by atoms with E-state index in [1.807, 2.05) is 0 Å². The number of ketones is 1. The van der Waals surface area contributed by atoms with Crippen molar-refractivity contribution in [1.82, 2.24) is 0 Å². The maximum absolute atomic E-state index is 11.6. The average Bonchev–Trinajstić information content (AvgIpc) is 2.17. The Morgan fingerprint density at radius 3 is 2.39 bits per heavy atom. The highest BCUT2D eigenvalue weighted by Gasteiger charge is 2.19. The molecule has 0 radical (unpaired) electrons. The molecule has 5 nitrogen and oxygen atoms in total. The van der Waals surface area contributed by atoms with Gasteiger partial charge in [-0.15, -0.1) is 0 Å². The van der Waals surface area contributed by atoms with Crippen LogP contribution in [0.5, 0.6) is 5.75 Å². The molecular weight excluding hydrogens is 234 g/mol. The third-order valence-electron chi connectivity index (χ3n) is 2.05. The molecule has 18 heavy (non-hydrogen) atoms. The fraction of sp³-hybridized carbons (Fsp3) is 0.385. The first-order valence-corrected chi connectivity index (χ1v) is 5.53. The Kier molecular flexibility index (Phi) is 3.96. The second-order valence-electron chi connectivity index (χ2n) is 4.88. The lowest BCUT2D eigenvalue weighted by molar-refractivity contribution is 0.0635. The minimum absolute atomic E-state index is 0.0688. The van der Waals surface area contributed by atoms with Crippen molar-refractivity contribution >= 4 is 17.6 Å². The van der Waals surface area contributed by atoms with Gasteiger partial charge in [-0.3, -0.25) is 10.1 Å². The Balaban J connectivity index is 2.97. The highest BCUT2D eigenvalue weighted by atomic mass is 16.6. The number of para-hydroxylation sites is 1. The second kappa shape index (κ2) is 5.08. The van der Waals surface area contributed by atoms with E-state index in [0.717, 1.165) is 0 Å². The van der Waals surface area contributed by atoms with Crippen LogP contribution >= 0.6 is 0 Å². The van der Waals surface area contributed by atoms with Crippen molar-refractivity contribution in [3.8, 4) is 5.75 Å². The molecule has 0 bridgehead atoms. The van der Waals surface area contributed by atoms with E-state index < -0.39 is 11.7 Å². The molecule has 1 aromatic carbocycles. The third kappa shape index (κ3) is 3.76. The normalized spacial score (nSPS) is 10.9. The lowest BCUT2D eigenvalue weighted by Gasteiger charge is -2.20. The van der Waals surface area contributed by atoms with Gasteiger partial charge >= 0.3 is 6.09 Å². The monoisotopic (exact) mass is 251 g/mol. The van der Waals surface area contributed by atoms with Gasteiger partial charge in [0, 0.05) is 5.56 Å². The van der Waals surface area contributed by atoms with Crippen molar-refractivity contribution in [1.29, 1.82) is 0 Å². The van der Waals surface area contributed by atoms with Crippen molar-refractivity contribution < 1.29 is 19.4 Å². The number of carbonyl (C=O) groups is 2. The van der Waals surface area contributed by atoms with Gasteiger partial charge in [0.2, 0.25) is 0 Å². The molecule has 0 aromatic heterocycles. The van der Waals surface area contributed by atoms with Gasteiger partial charge in [-0.1, -0.05) is 6.07 Å².